The molecule has 5 nitrogen and oxygen atoms in total. The first-order valence-electron chi connectivity index (χ1n) is 6.58. The zero-order valence-corrected chi connectivity index (χ0v) is 11.2. The maximum absolute atomic E-state index is 12.5. The standard InChI is InChI=1S/C15H15NO4/c1-19-15(18)11-6-4-8-16(11)14(17)13-9-10-5-2-3-7-12(10)20-13/h2-3,5,7,9,11H,4,6,8H2,1H3. The number of para-hydroxylation sites is 1. The maximum Gasteiger partial charge on any atom is 0.328 e. The van der Waals surface area contributed by atoms with Crippen LogP contribution in [0.4, 0.5) is 0 Å². The Kier molecular flexibility index (Phi) is 3.18. The number of ether oxygens (including phenoxy) is 1. The van der Waals surface area contributed by atoms with Crippen LogP contribution in [0.5, 0.6) is 0 Å². The summed E-state index contributed by atoms with van der Waals surface area (Å²) in [6.45, 7) is 0.551. The van der Waals surface area contributed by atoms with E-state index in [0.717, 1.165) is 11.8 Å². The second-order valence-corrected chi connectivity index (χ2v) is 4.83. The fourth-order valence-corrected chi connectivity index (χ4v) is 2.62. The summed E-state index contributed by atoms with van der Waals surface area (Å²) in [7, 11) is 1.34. The van der Waals surface area contributed by atoms with Crippen LogP contribution in [0.2, 0.25) is 0 Å². The zero-order valence-electron chi connectivity index (χ0n) is 11.2. The third kappa shape index (κ3) is 2.05. The molecule has 1 aromatic heterocycles. The second-order valence-electron chi connectivity index (χ2n) is 4.83. The van der Waals surface area contributed by atoms with Crippen LogP contribution in [0, 0.1) is 0 Å². The molecule has 1 amide bonds. The van der Waals surface area contributed by atoms with E-state index in [1.807, 2.05) is 24.3 Å². The van der Waals surface area contributed by atoms with Crippen LogP contribution in [-0.2, 0) is 9.53 Å². The van der Waals surface area contributed by atoms with E-state index < -0.39 is 6.04 Å². The third-order valence-electron chi connectivity index (χ3n) is 3.62. The van der Waals surface area contributed by atoms with Gasteiger partial charge in [0, 0.05) is 11.9 Å². The highest BCUT2D eigenvalue weighted by molar-refractivity contribution is 5.98. The lowest BCUT2D eigenvalue weighted by molar-refractivity contribution is -0.145. The molecular formula is C15H15NO4. The molecule has 1 atom stereocenters. The molecule has 104 valence electrons. The second kappa shape index (κ2) is 5.00. The van der Waals surface area contributed by atoms with Crippen molar-refractivity contribution in [1.82, 2.24) is 4.90 Å². The molecule has 2 heterocycles. The Morgan fingerprint density at radius 1 is 1.35 bits per heavy atom. The number of hydrogen-bond donors (Lipinski definition) is 0. The van der Waals surface area contributed by atoms with Gasteiger partial charge in [0.1, 0.15) is 11.6 Å². The van der Waals surface area contributed by atoms with E-state index in [4.69, 9.17) is 9.15 Å². The molecule has 0 bridgehead atoms. The quantitative estimate of drug-likeness (QED) is 0.787. The lowest BCUT2D eigenvalue weighted by Crippen LogP contribution is -2.40. The van der Waals surface area contributed by atoms with Gasteiger partial charge in [-0.05, 0) is 25.0 Å². The van der Waals surface area contributed by atoms with Crippen molar-refractivity contribution in [2.75, 3.05) is 13.7 Å². The number of methoxy groups -OCH3 is 1. The van der Waals surface area contributed by atoms with Crippen LogP contribution in [0.25, 0.3) is 11.0 Å². The average Bonchev–Trinajstić information content (AvgIpc) is 3.11. The Balaban J connectivity index is 1.89. The lowest BCUT2D eigenvalue weighted by atomic mass is 10.2. The van der Waals surface area contributed by atoms with Crippen molar-refractivity contribution in [2.24, 2.45) is 0 Å². The minimum absolute atomic E-state index is 0.255. The number of benzene rings is 1. The average molecular weight is 273 g/mol. The van der Waals surface area contributed by atoms with Crippen LogP contribution in [-0.4, -0.2) is 36.5 Å². The number of likely N-dealkylation sites (tertiary alicyclic amines) is 1. The minimum Gasteiger partial charge on any atom is -0.467 e. The Morgan fingerprint density at radius 3 is 2.90 bits per heavy atom. The molecule has 20 heavy (non-hydrogen) atoms. The highest BCUT2D eigenvalue weighted by Crippen LogP contribution is 2.24. The Bertz CT molecular complexity index is 628. The normalized spacial score (nSPS) is 18.4. The van der Waals surface area contributed by atoms with Crippen LogP contribution < -0.4 is 0 Å². The molecule has 5 heteroatoms. The molecular weight excluding hydrogens is 258 g/mol. The van der Waals surface area contributed by atoms with Gasteiger partial charge in [0.2, 0.25) is 0 Å². The number of carbonyl (C=O) groups is 2. The minimum atomic E-state index is -0.499. The van der Waals surface area contributed by atoms with E-state index in [2.05, 4.69) is 0 Å². The predicted octanol–water partition coefficient (Wildman–Crippen LogP) is 2.21. The van der Waals surface area contributed by atoms with Gasteiger partial charge < -0.3 is 14.1 Å². The molecule has 1 aliphatic rings. The number of hydrogen-bond acceptors (Lipinski definition) is 4. The molecule has 1 saturated heterocycles. The van der Waals surface area contributed by atoms with Gasteiger partial charge in [-0.3, -0.25) is 4.79 Å². The van der Waals surface area contributed by atoms with Crippen molar-refractivity contribution >= 4 is 22.8 Å². The van der Waals surface area contributed by atoms with Crippen LogP contribution in [0.15, 0.2) is 34.7 Å². The molecule has 0 saturated carbocycles. The van der Waals surface area contributed by atoms with Crippen molar-refractivity contribution in [3.8, 4) is 0 Å². The number of nitrogens with zero attached hydrogens (tertiary/aromatic N) is 1. The molecule has 1 aromatic carbocycles. The zero-order chi connectivity index (χ0) is 14.1. The Labute approximate surface area is 116 Å². The van der Waals surface area contributed by atoms with E-state index in [1.54, 1.807) is 6.07 Å². The first kappa shape index (κ1) is 12.7. The largest absolute Gasteiger partial charge is 0.467 e. The summed E-state index contributed by atoms with van der Waals surface area (Å²) < 4.78 is 10.3. The van der Waals surface area contributed by atoms with E-state index in [1.165, 1.54) is 12.0 Å². The fourth-order valence-electron chi connectivity index (χ4n) is 2.62. The Morgan fingerprint density at radius 2 is 2.15 bits per heavy atom. The van der Waals surface area contributed by atoms with Crippen molar-refractivity contribution in [3.05, 3.63) is 36.1 Å². The number of esters is 1. The van der Waals surface area contributed by atoms with Crippen molar-refractivity contribution in [1.29, 1.82) is 0 Å². The van der Waals surface area contributed by atoms with E-state index in [9.17, 15) is 9.59 Å². The van der Waals surface area contributed by atoms with Crippen molar-refractivity contribution in [2.45, 2.75) is 18.9 Å². The summed E-state index contributed by atoms with van der Waals surface area (Å²) in [5.74, 6) is -0.358. The molecule has 1 unspecified atom stereocenters. The van der Waals surface area contributed by atoms with Crippen molar-refractivity contribution < 1.29 is 18.7 Å². The number of rotatable bonds is 2. The third-order valence-corrected chi connectivity index (χ3v) is 3.62. The molecule has 0 spiro atoms. The summed E-state index contributed by atoms with van der Waals surface area (Å²) in [5.41, 5.74) is 0.671. The summed E-state index contributed by atoms with van der Waals surface area (Å²) in [4.78, 5) is 25.7. The van der Waals surface area contributed by atoms with Crippen LogP contribution >= 0.6 is 0 Å². The molecule has 0 radical (unpaired) electrons. The molecule has 3 rings (SSSR count). The highest BCUT2D eigenvalue weighted by atomic mass is 16.5. The number of furan rings is 1. The van der Waals surface area contributed by atoms with E-state index in [-0.39, 0.29) is 17.6 Å². The van der Waals surface area contributed by atoms with Gasteiger partial charge in [0.05, 0.1) is 7.11 Å². The summed E-state index contributed by atoms with van der Waals surface area (Å²) >= 11 is 0. The molecule has 1 aliphatic heterocycles. The molecule has 2 aromatic rings. The maximum atomic E-state index is 12.5. The monoisotopic (exact) mass is 273 g/mol. The first-order chi connectivity index (χ1) is 9.70. The SMILES string of the molecule is COC(=O)C1CCCN1C(=O)c1cc2ccccc2o1. The van der Waals surface area contributed by atoms with E-state index >= 15 is 0 Å². The number of fused-ring (bicyclic) bond motifs is 1. The molecule has 0 N–H and O–H groups in total. The van der Waals surface area contributed by atoms with Gasteiger partial charge in [-0.1, -0.05) is 18.2 Å². The van der Waals surface area contributed by atoms with Crippen LogP contribution in [0.3, 0.4) is 0 Å². The van der Waals surface area contributed by atoms with Gasteiger partial charge in [0.25, 0.3) is 5.91 Å². The first-order valence-corrected chi connectivity index (χ1v) is 6.58. The predicted molar refractivity (Wildman–Crippen MR) is 72.3 cm³/mol. The van der Waals surface area contributed by atoms with Crippen LogP contribution in [0.1, 0.15) is 23.4 Å². The summed E-state index contributed by atoms with van der Waals surface area (Å²) in [6, 6.07) is 8.66. The fraction of sp³-hybridized carbons (Fsp3) is 0.333. The van der Waals surface area contributed by atoms with Gasteiger partial charge in [-0.2, -0.15) is 0 Å². The topological polar surface area (TPSA) is 59.8 Å². The van der Waals surface area contributed by atoms with Gasteiger partial charge in [0.15, 0.2) is 5.76 Å². The molecule has 0 aliphatic carbocycles. The van der Waals surface area contributed by atoms with Gasteiger partial charge in [-0.15, -0.1) is 0 Å². The Hall–Kier alpha value is -2.30. The number of amides is 1. The smallest absolute Gasteiger partial charge is 0.328 e. The lowest BCUT2D eigenvalue weighted by Gasteiger charge is -2.21. The van der Waals surface area contributed by atoms with Gasteiger partial charge in [-0.25, -0.2) is 4.79 Å². The van der Waals surface area contributed by atoms with Crippen molar-refractivity contribution in [3.63, 3.8) is 0 Å². The summed E-state index contributed by atoms with van der Waals surface area (Å²) in [5, 5.41) is 0.879. The summed E-state index contributed by atoms with van der Waals surface area (Å²) in [6.07, 6.45) is 1.43. The van der Waals surface area contributed by atoms with Gasteiger partial charge >= 0.3 is 5.97 Å². The van der Waals surface area contributed by atoms with E-state index in [0.29, 0.717) is 18.5 Å². The number of carbonyl (C=O) groups excluding carboxylic acids is 2. The molecule has 1 fully saturated rings. The highest BCUT2D eigenvalue weighted by Gasteiger charge is 2.36.